The van der Waals surface area contributed by atoms with Crippen molar-refractivity contribution in [2.45, 2.75) is 19.4 Å². The van der Waals surface area contributed by atoms with E-state index in [-0.39, 0.29) is 6.04 Å². The molecule has 1 unspecified atom stereocenters. The third kappa shape index (κ3) is 4.20. The summed E-state index contributed by atoms with van der Waals surface area (Å²) in [6.07, 6.45) is 1.10. The second-order valence-electron chi connectivity index (χ2n) is 4.32. The summed E-state index contributed by atoms with van der Waals surface area (Å²) in [6, 6.07) is 8.67. The lowest BCUT2D eigenvalue weighted by atomic mass is 10.1. The molecule has 0 saturated carbocycles. The molecule has 0 aliphatic heterocycles. The van der Waals surface area contributed by atoms with Crippen molar-refractivity contribution in [2.75, 3.05) is 6.54 Å². The molecule has 0 amide bonds. The Morgan fingerprint density at radius 1 is 1.30 bits per heavy atom. The molecule has 6 heteroatoms. The van der Waals surface area contributed by atoms with E-state index in [1.54, 1.807) is 11.3 Å². The van der Waals surface area contributed by atoms with Crippen molar-refractivity contribution in [3.63, 3.8) is 0 Å². The van der Waals surface area contributed by atoms with Gasteiger partial charge in [0.15, 0.2) is 0 Å². The Bertz CT molecular complexity index is 583. The number of rotatable bonds is 5. The van der Waals surface area contributed by atoms with E-state index in [9.17, 15) is 0 Å². The SMILES string of the molecule is CCCNC(c1cc(Br)c(Cl)s1)c1cc(I)ccc1Br. The van der Waals surface area contributed by atoms with Crippen LogP contribution in [0.15, 0.2) is 33.2 Å². The Morgan fingerprint density at radius 2 is 2.05 bits per heavy atom. The van der Waals surface area contributed by atoms with Crippen LogP contribution in [-0.2, 0) is 0 Å². The predicted molar refractivity (Wildman–Crippen MR) is 104 cm³/mol. The number of halogens is 4. The summed E-state index contributed by atoms with van der Waals surface area (Å²) in [5.41, 5.74) is 1.25. The molecule has 108 valence electrons. The monoisotopic (exact) mass is 547 g/mol. The smallest absolute Gasteiger partial charge is 0.107 e. The van der Waals surface area contributed by atoms with Gasteiger partial charge in [0.1, 0.15) is 4.34 Å². The molecule has 1 heterocycles. The van der Waals surface area contributed by atoms with E-state index >= 15 is 0 Å². The third-order valence-corrected chi connectivity index (χ3v) is 6.75. The summed E-state index contributed by atoms with van der Waals surface area (Å²) in [7, 11) is 0. The van der Waals surface area contributed by atoms with E-state index in [0.717, 1.165) is 26.2 Å². The normalized spacial score (nSPS) is 12.7. The standard InChI is InChI=1S/C14H13Br2ClINS/c1-2-5-19-13(12-7-11(16)14(17)20-12)9-6-8(18)3-4-10(9)15/h3-4,6-7,13,19H,2,5H2,1H3. The van der Waals surface area contributed by atoms with Crippen LogP contribution in [0.5, 0.6) is 0 Å². The molecule has 0 spiro atoms. The molecular weight excluding hydrogens is 536 g/mol. The average molecular weight is 549 g/mol. The quantitative estimate of drug-likeness (QED) is 0.414. The summed E-state index contributed by atoms with van der Waals surface area (Å²) in [6.45, 7) is 3.14. The molecule has 1 N–H and O–H groups in total. The number of thiophene rings is 1. The fraction of sp³-hybridized carbons (Fsp3) is 0.286. The highest BCUT2D eigenvalue weighted by molar-refractivity contribution is 14.1. The van der Waals surface area contributed by atoms with Crippen molar-refractivity contribution in [1.29, 1.82) is 0 Å². The fourth-order valence-corrected chi connectivity index (χ4v) is 4.72. The number of hydrogen-bond acceptors (Lipinski definition) is 2. The summed E-state index contributed by atoms with van der Waals surface area (Å²) in [4.78, 5) is 1.22. The maximum atomic E-state index is 6.20. The second kappa shape index (κ2) is 7.92. The van der Waals surface area contributed by atoms with Crippen molar-refractivity contribution in [2.24, 2.45) is 0 Å². The zero-order valence-corrected chi connectivity index (χ0v) is 17.6. The van der Waals surface area contributed by atoms with Gasteiger partial charge in [-0.1, -0.05) is 34.5 Å². The molecule has 1 aromatic carbocycles. The van der Waals surface area contributed by atoms with Crippen molar-refractivity contribution in [3.8, 4) is 0 Å². The largest absolute Gasteiger partial charge is 0.306 e. The van der Waals surface area contributed by atoms with Crippen LogP contribution < -0.4 is 5.32 Å². The summed E-state index contributed by atoms with van der Waals surface area (Å²) in [5, 5.41) is 3.61. The Labute approximate surface area is 158 Å². The summed E-state index contributed by atoms with van der Waals surface area (Å²) in [5.74, 6) is 0. The van der Waals surface area contributed by atoms with Crippen LogP contribution in [0.2, 0.25) is 4.34 Å². The van der Waals surface area contributed by atoms with Gasteiger partial charge in [-0.3, -0.25) is 0 Å². The molecular formula is C14H13Br2ClINS. The number of benzene rings is 1. The van der Waals surface area contributed by atoms with Crippen LogP contribution >= 0.6 is 77.4 Å². The summed E-state index contributed by atoms with van der Waals surface area (Å²) < 4.78 is 4.10. The van der Waals surface area contributed by atoms with Crippen molar-refractivity contribution in [1.82, 2.24) is 5.32 Å². The Balaban J connectivity index is 2.43. The molecule has 2 rings (SSSR count). The molecule has 2 aromatic rings. The highest BCUT2D eigenvalue weighted by Gasteiger charge is 2.20. The minimum atomic E-state index is 0.160. The highest BCUT2D eigenvalue weighted by atomic mass is 127. The first kappa shape index (κ1) is 17.2. The molecule has 0 aliphatic rings. The van der Waals surface area contributed by atoms with Gasteiger partial charge < -0.3 is 5.32 Å². The first-order chi connectivity index (χ1) is 9.52. The Kier molecular flexibility index (Phi) is 6.82. The zero-order valence-electron chi connectivity index (χ0n) is 10.7. The maximum absolute atomic E-state index is 6.20. The molecule has 0 radical (unpaired) electrons. The molecule has 0 saturated heterocycles. The van der Waals surface area contributed by atoms with E-state index in [4.69, 9.17) is 11.6 Å². The van der Waals surface area contributed by atoms with Gasteiger partial charge in [0.2, 0.25) is 0 Å². The first-order valence-electron chi connectivity index (χ1n) is 6.16. The predicted octanol–water partition coefficient (Wildman–Crippen LogP) is 6.62. The minimum absolute atomic E-state index is 0.160. The Morgan fingerprint density at radius 3 is 2.65 bits per heavy atom. The minimum Gasteiger partial charge on any atom is -0.306 e. The lowest BCUT2D eigenvalue weighted by Crippen LogP contribution is -2.22. The van der Waals surface area contributed by atoms with Crippen molar-refractivity contribution < 1.29 is 0 Å². The summed E-state index contributed by atoms with van der Waals surface area (Å²) >= 11 is 17.3. The lowest BCUT2D eigenvalue weighted by Gasteiger charge is -2.19. The second-order valence-corrected chi connectivity index (χ2v) is 8.96. The molecule has 0 bridgehead atoms. The van der Waals surface area contributed by atoms with Gasteiger partial charge in [-0.25, -0.2) is 0 Å². The number of hydrogen-bond donors (Lipinski definition) is 1. The van der Waals surface area contributed by atoms with Gasteiger partial charge in [0, 0.05) is 17.4 Å². The van der Waals surface area contributed by atoms with Gasteiger partial charge in [0.25, 0.3) is 0 Å². The van der Waals surface area contributed by atoms with E-state index in [0.29, 0.717) is 0 Å². The van der Waals surface area contributed by atoms with Gasteiger partial charge in [-0.2, -0.15) is 0 Å². The number of nitrogens with one attached hydrogen (secondary N) is 1. The van der Waals surface area contributed by atoms with Crippen LogP contribution in [0, 0.1) is 3.57 Å². The van der Waals surface area contributed by atoms with E-state index in [1.165, 1.54) is 14.0 Å². The van der Waals surface area contributed by atoms with Gasteiger partial charge in [-0.15, -0.1) is 11.3 Å². The molecule has 20 heavy (non-hydrogen) atoms. The first-order valence-corrected chi connectivity index (χ1v) is 10.0. The lowest BCUT2D eigenvalue weighted by molar-refractivity contribution is 0.604. The van der Waals surface area contributed by atoms with Crippen LogP contribution in [0.3, 0.4) is 0 Å². The van der Waals surface area contributed by atoms with Crippen molar-refractivity contribution in [3.05, 3.63) is 51.6 Å². The van der Waals surface area contributed by atoms with Crippen LogP contribution in [0.25, 0.3) is 0 Å². The third-order valence-electron chi connectivity index (χ3n) is 2.82. The molecule has 1 atom stereocenters. The van der Waals surface area contributed by atoms with Crippen LogP contribution in [0.1, 0.15) is 29.8 Å². The topological polar surface area (TPSA) is 12.0 Å². The molecule has 0 fully saturated rings. The molecule has 1 nitrogen and oxygen atoms in total. The van der Waals surface area contributed by atoms with Crippen LogP contribution in [-0.4, -0.2) is 6.54 Å². The average Bonchev–Trinajstić information content (AvgIpc) is 2.74. The van der Waals surface area contributed by atoms with E-state index in [1.807, 2.05) is 0 Å². The maximum Gasteiger partial charge on any atom is 0.107 e. The van der Waals surface area contributed by atoms with E-state index < -0.39 is 0 Å². The molecule has 1 aromatic heterocycles. The highest BCUT2D eigenvalue weighted by Crippen LogP contribution is 2.39. The van der Waals surface area contributed by atoms with Gasteiger partial charge >= 0.3 is 0 Å². The van der Waals surface area contributed by atoms with Gasteiger partial charge in [0.05, 0.1) is 6.04 Å². The van der Waals surface area contributed by atoms with Crippen LogP contribution in [0.4, 0.5) is 0 Å². The van der Waals surface area contributed by atoms with Crippen molar-refractivity contribution >= 4 is 77.4 Å². The van der Waals surface area contributed by atoms with Gasteiger partial charge in [-0.05, 0) is 81.3 Å². The Hall–Kier alpha value is 0.860. The zero-order chi connectivity index (χ0) is 14.7. The molecule has 0 aliphatic carbocycles. The fourth-order valence-electron chi connectivity index (χ4n) is 1.89. The van der Waals surface area contributed by atoms with E-state index in [2.05, 4.69) is 91.0 Å².